The monoisotopic (exact) mass is 300 g/mol. The predicted molar refractivity (Wildman–Crippen MR) is 75.2 cm³/mol. The van der Waals surface area contributed by atoms with E-state index in [0.717, 1.165) is 16.0 Å². The first-order valence-electron chi connectivity index (χ1n) is 5.99. The second-order valence-corrected chi connectivity index (χ2v) is 5.70. The number of ether oxygens (including phenoxy) is 2. The van der Waals surface area contributed by atoms with E-state index in [9.17, 15) is 0 Å². The molecule has 0 saturated carbocycles. The molecule has 0 N–H and O–H groups in total. The van der Waals surface area contributed by atoms with Crippen molar-refractivity contribution < 1.29 is 9.47 Å². The van der Waals surface area contributed by atoms with E-state index in [1.165, 1.54) is 5.56 Å². The first kappa shape index (κ1) is 14.4. The molecule has 96 valence electrons. The van der Waals surface area contributed by atoms with Gasteiger partial charge in [0, 0.05) is 0 Å². The summed E-state index contributed by atoms with van der Waals surface area (Å²) < 4.78 is 12.2. The molecule has 3 heteroatoms. The zero-order chi connectivity index (χ0) is 13.1. The van der Waals surface area contributed by atoms with E-state index in [1.54, 1.807) is 0 Å². The Bertz CT molecular complexity index is 353. The van der Waals surface area contributed by atoms with Crippen molar-refractivity contribution in [2.75, 3.05) is 13.2 Å². The van der Waals surface area contributed by atoms with Gasteiger partial charge in [0.15, 0.2) is 0 Å². The lowest BCUT2D eigenvalue weighted by Gasteiger charge is -2.22. The third kappa shape index (κ3) is 3.63. The molecule has 0 fully saturated rings. The summed E-state index contributed by atoms with van der Waals surface area (Å²) in [7, 11) is 0. The lowest BCUT2D eigenvalue weighted by Crippen LogP contribution is -2.12. The Morgan fingerprint density at radius 2 is 1.41 bits per heavy atom. The van der Waals surface area contributed by atoms with Crippen molar-refractivity contribution in [3.8, 4) is 11.5 Å². The summed E-state index contributed by atoms with van der Waals surface area (Å²) in [6.07, 6.45) is 0. The van der Waals surface area contributed by atoms with E-state index in [2.05, 4.69) is 48.8 Å². The van der Waals surface area contributed by atoms with E-state index in [1.807, 2.05) is 13.8 Å². The van der Waals surface area contributed by atoms with Crippen molar-refractivity contribution in [2.45, 2.75) is 40.0 Å². The van der Waals surface area contributed by atoms with Crippen molar-refractivity contribution in [1.82, 2.24) is 0 Å². The van der Waals surface area contributed by atoms with Crippen LogP contribution in [0.3, 0.4) is 0 Å². The highest BCUT2D eigenvalue weighted by Gasteiger charge is 2.19. The van der Waals surface area contributed by atoms with E-state index >= 15 is 0 Å². The molecule has 0 saturated heterocycles. The maximum Gasteiger partial charge on any atom is 0.137 e. The molecule has 0 aliphatic rings. The minimum atomic E-state index is 0.0817. The second kappa shape index (κ2) is 5.76. The Labute approximate surface area is 112 Å². The van der Waals surface area contributed by atoms with Crippen LogP contribution in [0.5, 0.6) is 11.5 Å². The van der Waals surface area contributed by atoms with E-state index in [4.69, 9.17) is 9.47 Å². The smallest absolute Gasteiger partial charge is 0.137 e. The summed E-state index contributed by atoms with van der Waals surface area (Å²) in [6, 6.07) is 4.16. The number of halogens is 1. The molecular weight excluding hydrogens is 280 g/mol. The van der Waals surface area contributed by atoms with Crippen LogP contribution in [-0.4, -0.2) is 13.2 Å². The van der Waals surface area contributed by atoms with E-state index in [0.29, 0.717) is 13.2 Å². The number of benzene rings is 1. The van der Waals surface area contributed by atoms with Gasteiger partial charge in [-0.2, -0.15) is 0 Å². The van der Waals surface area contributed by atoms with Gasteiger partial charge in [0.2, 0.25) is 0 Å². The SMILES string of the molecule is CCOc1cc(C(C)(C)C)cc(OCC)c1Br. The predicted octanol–water partition coefficient (Wildman–Crippen LogP) is 4.54. The molecule has 0 aliphatic heterocycles. The van der Waals surface area contributed by atoms with Crippen molar-refractivity contribution in [2.24, 2.45) is 0 Å². The van der Waals surface area contributed by atoms with Gasteiger partial charge in [-0.05, 0) is 52.9 Å². The van der Waals surface area contributed by atoms with Gasteiger partial charge in [-0.15, -0.1) is 0 Å². The lowest BCUT2D eigenvalue weighted by molar-refractivity contribution is 0.317. The van der Waals surface area contributed by atoms with Gasteiger partial charge < -0.3 is 9.47 Å². The average molecular weight is 301 g/mol. The fraction of sp³-hybridized carbons (Fsp3) is 0.571. The molecule has 0 aromatic heterocycles. The first-order chi connectivity index (χ1) is 7.90. The highest BCUT2D eigenvalue weighted by Crippen LogP contribution is 2.39. The molecule has 0 aliphatic carbocycles. The van der Waals surface area contributed by atoms with Gasteiger partial charge in [0.25, 0.3) is 0 Å². The van der Waals surface area contributed by atoms with Crippen LogP contribution in [0.15, 0.2) is 16.6 Å². The van der Waals surface area contributed by atoms with Crippen LogP contribution in [0.1, 0.15) is 40.2 Å². The molecule has 1 rings (SSSR count). The van der Waals surface area contributed by atoms with Gasteiger partial charge in [-0.3, -0.25) is 0 Å². The molecule has 0 atom stereocenters. The molecule has 2 nitrogen and oxygen atoms in total. The summed E-state index contributed by atoms with van der Waals surface area (Å²) in [5, 5.41) is 0. The van der Waals surface area contributed by atoms with Gasteiger partial charge in [-0.1, -0.05) is 20.8 Å². The van der Waals surface area contributed by atoms with Crippen molar-refractivity contribution >= 4 is 15.9 Å². The molecule has 1 aromatic rings. The Hall–Kier alpha value is -0.700. The standard InChI is InChI=1S/C14H21BrO2/c1-6-16-11-8-10(14(3,4)5)9-12(13(11)15)17-7-2/h8-9H,6-7H2,1-5H3. The van der Waals surface area contributed by atoms with Gasteiger partial charge in [-0.25, -0.2) is 0 Å². The van der Waals surface area contributed by atoms with Crippen LogP contribution in [0, 0.1) is 0 Å². The Morgan fingerprint density at radius 1 is 1.00 bits per heavy atom. The Morgan fingerprint density at radius 3 is 1.71 bits per heavy atom. The maximum atomic E-state index is 5.63. The summed E-state index contributed by atoms with van der Waals surface area (Å²) in [5.74, 6) is 1.70. The van der Waals surface area contributed by atoms with Crippen LogP contribution in [-0.2, 0) is 5.41 Å². The number of hydrogen-bond donors (Lipinski definition) is 0. The minimum absolute atomic E-state index is 0.0817. The Kier molecular flexibility index (Phi) is 4.87. The molecule has 0 radical (unpaired) electrons. The van der Waals surface area contributed by atoms with Crippen molar-refractivity contribution in [3.63, 3.8) is 0 Å². The zero-order valence-electron chi connectivity index (χ0n) is 11.3. The maximum absolute atomic E-state index is 5.63. The topological polar surface area (TPSA) is 18.5 Å². The second-order valence-electron chi connectivity index (χ2n) is 4.90. The Balaban J connectivity index is 3.26. The fourth-order valence-corrected chi connectivity index (χ4v) is 1.98. The van der Waals surface area contributed by atoms with Crippen LogP contribution in [0.25, 0.3) is 0 Å². The summed E-state index contributed by atoms with van der Waals surface area (Å²) in [5.41, 5.74) is 1.30. The molecule has 0 bridgehead atoms. The summed E-state index contributed by atoms with van der Waals surface area (Å²) in [4.78, 5) is 0. The van der Waals surface area contributed by atoms with Crippen molar-refractivity contribution in [3.05, 3.63) is 22.2 Å². The first-order valence-corrected chi connectivity index (χ1v) is 6.79. The quantitative estimate of drug-likeness (QED) is 0.812. The molecule has 0 heterocycles. The molecule has 0 unspecified atom stereocenters. The van der Waals surface area contributed by atoms with Crippen LogP contribution < -0.4 is 9.47 Å². The van der Waals surface area contributed by atoms with Crippen LogP contribution in [0.4, 0.5) is 0 Å². The van der Waals surface area contributed by atoms with E-state index < -0.39 is 0 Å². The number of rotatable bonds is 4. The zero-order valence-corrected chi connectivity index (χ0v) is 12.8. The van der Waals surface area contributed by atoms with Gasteiger partial charge in [0.05, 0.1) is 13.2 Å². The van der Waals surface area contributed by atoms with Crippen LogP contribution >= 0.6 is 15.9 Å². The summed E-state index contributed by atoms with van der Waals surface area (Å²) in [6.45, 7) is 11.8. The van der Waals surface area contributed by atoms with E-state index in [-0.39, 0.29) is 5.41 Å². The van der Waals surface area contributed by atoms with Crippen molar-refractivity contribution in [1.29, 1.82) is 0 Å². The fourth-order valence-electron chi connectivity index (χ4n) is 1.53. The molecule has 0 spiro atoms. The number of hydrogen-bond acceptors (Lipinski definition) is 2. The third-order valence-corrected chi connectivity index (χ3v) is 3.25. The molecule has 17 heavy (non-hydrogen) atoms. The molecule has 1 aromatic carbocycles. The highest BCUT2D eigenvalue weighted by molar-refractivity contribution is 9.10. The normalized spacial score (nSPS) is 11.4. The van der Waals surface area contributed by atoms with Gasteiger partial charge >= 0.3 is 0 Å². The molecular formula is C14H21BrO2. The molecule has 0 amide bonds. The minimum Gasteiger partial charge on any atom is -0.493 e. The largest absolute Gasteiger partial charge is 0.493 e. The van der Waals surface area contributed by atoms with Gasteiger partial charge in [0.1, 0.15) is 16.0 Å². The lowest BCUT2D eigenvalue weighted by atomic mass is 9.87. The summed E-state index contributed by atoms with van der Waals surface area (Å²) >= 11 is 3.53. The highest BCUT2D eigenvalue weighted by atomic mass is 79.9. The average Bonchev–Trinajstić information content (AvgIpc) is 2.22. The third-order valence-electron chi connectivity index (χ3n) is 2.47. The van der Waals surface area contributed by atoms with Crippen LogP contribution in [0.2, 0.25) is 0 Å².